The fraction of sp³-hybridized carbons (Fsp3) is 0.478. The van der Waals surface area contributed by atoms with Crippen molar-refractivity contribution in [2.24, 2.45) is 0 Å². The van der Waals surface area contributed by atoms with Gasteiger partial charge in [0.1, 0.15) is 18.1 Å². The Kier molecular flexibility index (Phi) is 6.30. The van der Waals surface area contributed by atoms with Gasteiger partial charge in [-0.2, -0.15) is 0 Å². The minimum atomic E-state index is 0.0943. The lowest BCUT2D eigenvalue weighted by atomic mass is 9.93. The minimum Gasteiger partial charge on any atom is -0.492 e. The van der Waals surface area contributed by atoms with E-state index in [4.69, 9.17) is 9.47 Å². The molecule has 6 heteroatoms. The standard InChI is InChI=1S/C23H29N3O3/c1-17-21(7-4-12-24-17)29-20-10-8-19(9-11-20)25-23(27)16-26-13-14-28-22-6-3-2-5-18(22)15-26/h2-7,12,19-20H,8-11,13-16H2,1H3,(H,25,27). The number of hydrogen-bond acceptors (Lipinski definition) is 5. The third kappa shape index (κ3) is 5.26. The SMILES string of the molecule is Cc1ncccc1OC1CCC(NC(=O)CN2CCOc3ccccc3C2)CC1. The Labute approximate surface area is 172 Å². The van der Waals surface area contributed by atoms with Crippen LogP contribution in [0, 0.1) is 6.92 Å². The number of rotatable bonds is 5. The number of nitrogens with one attached hydrogen (secondary N) is 1. The molecule has 2 aromatic rings. The molecule has 29 heavy (non-hydrogen) atoms. The van der Waals surface area contributed by atoms with Gasteiger partial charge >= 0.3 is 0 Å². The molecule has 1 aromatic heterocycles. The third-order valence-corrected chi connectivity index (χ3v) is 5.69. The van der Waals surface area contributed by atoms with Crippen LogP contribution in [-0.4, -0.2) is 47.6 Å². The van der Waals surface area contributed by atoms with Crippen molar-refractivity contribution >= 4 is 5.91 Å². The van der Waals surface area contributed by atoms with Crippen LogP contribution in [0.4, 0.5) is 0 Å². The summed E-state index contributed by atoms with van der Waals surface area (Å²) in [5.41, 5.74) is 2.06. The summed E-state index contributed by atoms with van der Waals surface area (Å²) in [4.78, 5) is 19.0. The van der Waals surface area contributed by atoms with Gasteiger partial charge in [-0.3, -0.25) is 14.7 Å². The maximum atomic E-state index is 12.6. The second-order valence-corrected chi connectivity index (χ2v) is 7.91. The van der Waals surface area contributed by atoms with Crippen molar-refractivity contribution in [3.8, 4) is 11.5 Å². The topological polar surface area (TPSA) is 63.7 Å². The Hall–Kier alpha value is -2.60. The first kappa shape index (κ1) is 19.7. The molecule has 0 atom stereocenters. The van der Waals surface area contributed by atoms with Gasteiger partial charge in [-0.15, -0.1) is 0 Å². The molecule has 0 saturated heterocycles. The van der Waals surface area contributed by atoms with Crippen molar-refractivity contribution in [3.63, 3.8) is 0 Å². The zero-order valence-corrected chi connectivity index (χ0v) is 17.0. The molecule has 0 spiro atoms. The first-order valence-electron chi connectivity index (χ1n) is 10.5. The summed E-state index contributed by atoms with van der Waals surface area (Å²) in [5, 5.41) is 3.22. The summed E-state index contributed by atoms with van der Waals surface area (Å²) in [6, 6.07) is 12.2. The van der Waals surface area contributed by atoms with Gasteiger partial charge in [0.25, 0.3) is 0 Å². The van der Waals surface area contributed by atoms with Gasteiger partial charge in [0.15, 0.2) is 0 Å². The number of aryl methyl sites for hydroxylation is 1. The van der Waals surface area contributed by atoms with Crippen molar-refractivity contribution < 1.29 is 14.3 Å². The highest BCUT2D eigenvalue weighted by Crippen LogP contribution is 2.25. The van der Waals surface area contributed by atoms with E-state index in [1.165, 1.54) is 0 Å². The summed E-state index contributed by atoms with van der Waals surface area (Å²) >= 11 is 0. The van der Waals surface area contributed by atoms with Crippen LogP contribution >= 0.6 is 0 Å². The fourth-order valence-corrected chi connectivity index (χ4v) is 4.09. The Balaban J connectivity index is 1.22. The average molecular weight is 396 g/mol. The number of fused-ring (bicyclic) bond motifs is 1. The maximum Gasteiger partial charge on any atom is 0.234 e. The number of amides is 1. The zero-order chi connectivity index (χ0) is 20.1. The van der Waals surface area contributed by atoms with Gasteiger partial charge in [0, 0.05) is 30.9 Å². The van der Waals surface area contributed by atoms with E-state index >= 15 is 0 Å². The van der Waals surface area contributed by atoms with Crippen LogP contribution in [0.5, 0.6) is 11.5 Å². The fourth-order valence-electron chi connectivity index (χ4n) is 4.09. The molecule has 1 aromatic carbocycles. The predicted octanol–water partition coefficient (Wildman–Crippen LogP) is 3.09. The molecule has 2 heterocycles. The molecule has 0 radical (unpaired) electrons. The lowest BCUT2D eigenvalue weighted by Crippen LogP contribution is -2.44. The number of benzene rings is 1. The van der Waals surface area contributed by atoms with Crippen LogP contribution in [0.15, 0.2) is 42.6 Å². The molecule has 1 aliphatic heterocycles. The summed E-state index contributed by atoms with van der Waals surface area (Å²) in [7, 11) is 0. The molecule has 4 rings (SSSR count). The molecule has 1 amide bonds. The minimum absolute atomic E-state index is 0.0943. The van der Waals surface area contributed by atoms with Crippen molar-refractivity contribution in [2.75, 3.05) is 19.7 Å². The molecular weight excluding hydrogens is 366 g/mol. The van der Waals surface area contributed by atoms with Crippen molar-refractivity contribution in [2.45, 2.75) is 51.3 Å². The molecule has 0 bridgehead atoms. The first-order chi connectivity index (χ1) is 14.2. The number of aromatic nitrogens is 1. The van der Waals surface area contributed by atoms with Crippen molar-refractivity contribution in [3.05, 3.63) is 53.9 Å². The van der Waals surface area contributed by atoms with E-state index < -0.39 is 0 Å². The molecule has 1 N–H and O–H groups in total. The van der Waals surface area contributed by atoms with E-state index in [0.29, 0.717) is 13.2 Å². The summed E-state index contributed by atoms with van der Waals surface area (Å²) in [5.74, 6) is 1.89. The Bertz CT molecular complexity index is 834. The Morgan fingerprint density at radius 3 is 2.86 bits per heavy atom. The number of carbonyl (C=O) groups is 1. The van der Waals surface area contributed by atoms with Crippen LogP contribution in [-0.2, 0) is 11.3 Å². The van der Waals surface area contributed by atoms with Gasteiger partial charge in [0.2, 0.25) is 5.91 Å². The number of carbonyl (C=O) groups excluding carboxylic acids is 1. The molecule has 154 valence electrons. The normalized spacial score (nSPS) is 22.1. The van der Waals surface area contributed by atoms with Gasteiger partial charge in [-0.05, 0) is 50.8 Å². The van der Waals surface area contributed by atoms with E-state index in [0.717, 1.165) is 61.5 Å². The predicted molar refractivity (Wildman–Crippen MR) is 111 cm³/mol. The Morgan fingerprint density at radius 2 is 2.03 bits per heavy atom. The van der Waals surface area contributed by atoms with Gasteiger partial charge in [-0.25, -0.2) is 0 Å². The Morgan fingerprint density at radius 1 is 1.21 bits per heavy atom. The third-order valence-electron chi connectivity index (χ3n) is 5.69. The highest BCUT2D eigenvalue weighted by atomic mass is 16.5. The van der Waals surface area contributed by atoms with Crippen molar-refractivity contribution in [1.82, 2.24) is 15.2 Å². The van der Waals surface area contributed by atoms with Crippen LogP contribution < -0.4 is 14.8 Å². The monoisotopic (exact) mass is 395 g/mol. The van der Waals surface area contributed by atoms with Crippen LogP contribution in [0.2, 0.25) is 0 Å². The molecule has 0 unspecified atom stereocenters. The summed E-state index contributed by atoms with van der Waals surface area (Å²) in [6.45, 7) is 4.48. The summed E-state index contributed by atoms with van der Waals surface area (Å²) in [6.07, 6.45) is 5.77. The van der Waals surface area contributed by atoms with Crippen LogP contribution in [0.3, 0.4) is 0 Å². The zero-order valence-electron chi connectivity index (χ0n) is 17.0. The number of ether oxygens (including phenoxy) is 2. The molecule has 1 aliphatic carbocycles. The quantitative estimate of drug-likeness (QED) is 0.843. The number of nitrogens with zero attached hydrogens (tertiary/aromatic N) is 2. The molecule has 1 fully saturated rings. The lowest BCUT2D eigenvalue weighted by molar-refractivity contribution is -0.123. The van der Waals surface area contributed by atoms with E-state index in [9.17, 15) is 4.79 Å². The van der Waals surface area contributed by atoms with Gasteiger partial charge < -0.3 is 14.8 Å². The van der Waals surface area contributed by atoms with Gasteiger partial charge in [-0.1, -0.05) is 18.2 Å². The molecule has 2 aliphatic rings. The number of para-hydroxylation sites is 1. The van der Waals surface area contributed by atoms with E-state index in [1.54, 1.807) is 6.20 Å². The van der Waals surface area contributed by atoms with Crippen LogP contribution in [0.1, 0.15) is 36.9 Å². The van der Waals surface area contributed by atoms with E-state index in [1.807, 2.05) is 37.3 Å². The first-order valence-corrected chi connectivity index (χ1v) is 10.5. The number of hydrogen-bond donors (Lipinski definition) is 1. The van der Waals surface area contributed by atoms with E-state index in [2.05, 4.69) is 21.3 Å². The van der Waals surface area contributed by atoms with Gasteiger partial charge in [0.05, 0.1) is 18.3 Å². The number of pyridine rings is 1. The maximum absolute atomic E-state index is 12.6. The smallest absolute Gasteiger partial charge is 0.234 e. The second-order valence-electron chi connectivity index (χ2n) is 7.91. The molecular formula is C23H29N3O3. The van der Waals surface area contributed by atoms with Crippen molar-refractivity contribution in [1.29, 1.82) is 0 Å². The molecule has 6 nitrogen and oxygen atoms in total. The average Bonchev–Trinajstić information content (AvgIpc) is 2.92. The molecule has 1 saturated carbocycles. The largest absolute Gasteiger partial charge is 0.492 e. The van der Waals surface area contributed by atoms with Crippen LogP contribution in [0.25, 0.3) is 0 Å². The lowest BCUT2D eigenvalue weighted by Gasteiger charge is -2.30. The second kappa shape index (κ2) is 9.27. The highest BCUT2D eigenvalue weighted by molar-refractivity contribution is 5.78. The highest BCUT2D eigenvalue weighted by Gasteiger charge is 2.25. The van der Waals surface area contributed by atoms with E-state index in [-0.39, 0.29) is 18.1 Å². The summed E-state index contributed by atoms with van der Waals surface area (Å²) < 4.78 is 11.9.